The Balaban J connectivity index is 1.99. The van der Waals surface area contributed by atoms with Gasteiger partial charge in [-0.1, -0.05) is 13.8 Å². The van der Waals surface area contributed by atoms with Crippen LogP contribution in [0.4, 0.5) is 0 Å². The van der Waals surface area contributed by atoms with E-state index in [4.69, 9.17) is 5.11 Å². The number of carboxylic acid groups (broad SMARTS) is 1. The second kappa shape index (κ2) is 6.82. The molecule has 0 fully saturated rings. The van der Waals surface area contributed by atoms with Gasteiger partial charge in [-0.3, -0.25) is 9.59 Å². The molecule has 0 aliphatic rings. The summed E-state index contributed by atoms with van der Waals surface area (Å²) >= 11 is 2.97. The van der Waals surface area contributed by atoms with Crippen molar-refractivity contribution in [3.8, 4) is 10.6 Å². The summed E-state index contributed by atoms with van der Waals surface area (Å²) in [5.41, 5.74) is 1.32. The van der Waals surface area contributed by atoms with Crippen molar-refractivity contribution in [2.45, 2.75) is 13.8 Å². The molecule has 2 rings (SSSR count). The van der Waals surface area contributed by atoms with Crippen molar-refractivity contribution in [1.82, 2.24) is 10.3 Å². The Kier molecular flexibility index (Phi) is 5.08. The summed E-state index contributed by atoms with van der Waals surface area (Å²) in [7, 11) is 0. The Morgan fingerprint density at radius 3 is 2.71 bits per heavy atom. The molecule has 1 unspecified atom stereocenters. The first-order chi connectivity index (χ1) is 9.99. The molecule has 21 heavy (non-hydrogen) atoms. The Hall–Kier alpha value is -1.73. The van der Waals surface area contributed by atoms with Gasteiger partial charge >= 0.3 is 5.97 Å². The fourth-order valence-electron chi connectivity index (χ4n) is 1.80. The number of thiazole rings is 1. The van der Waals surface area contributed by atoms with E-state index in [0.717, 1.165) is 10.6 Å². The first-order valence-electron chi connectivity index (χ1n) is 6.48. The van der Waals surface area contributed by atoms with E-state index in [1.54, 1.807) is 16.7 Å². The lowest BCUT2D eigenvalue weighted by Crippen LogP contribution is -2.35. The maximum atomic E-state index is 12.0. The molecule has 0 saturated carbocycles. The topological polar surface area (TPSA) is 79.3 Å². The Labute approximate surface area is 130 Å². The maximum absolute atomic E-state index is 12.0. The van der Waals surface area contributed by atoms with Crippen LogP contribution in [0.5, 0.6) is 0 Å². The summed E-state index contributed by atoms with van der Waals surface area (Å²) in [5, 5.41) is 18.1. The highest BCUT2D eigenvalue weighted by Gasteiger charge is 2.22. The van der Waals surface area contributed by atoms with Gasteiger partial charge in [0.2, 0.25) is 0 Å². The van der Waals surface area contributed by atoms with Gasteiger partial charge in [0.25, 0.3) is 5.91 Å². The standard InChI is InChI=1S/C14H16N2O3S2/c1-8(2)10(14(18)19)5-15-12(17)11-7-21-13(16-11)9-3-4-20-6-9/h3-4,6-8,10H,5H2,1-2H3,(H,15,17)(H,18,19). The molecule has 0 aromatic carbocycles. The summed E-state index contributed by atoms with van der Waals surface area (Å²) in [5.74, 6) is -1.87. The molecule has 0 saturated heterocycles. The highest BCUT2D eigenvalue weighted by atomic mass is 32.1. The van der Waals surface area contributed by atoms with E-state index in [2.05, 4.69) is 10.3 Å². The molecule has 2 aromatic rings. The second-order valence-corrected chi connectivity index (χ2v) is 6.59. The third-order valence-corrected chi connectivity index (χ3v) is 4.68. The van der Waals surface area contributed by atoms with Gasteiger partial charge in [-0.15, -0.1) is 11.3 Å². The van der Waals surface area contributed by atoms with Crippen molar-refractivity contribution in [2.75, 3.05) is 6.54 Å². The quantitative estimate of drug-likeness (QED) is 0.856. The Morgan fingerprint density at radius 2 is 2.14 bits per heavy atom. The lowest BCUT2D eigenvalue weighted by Gasteiger charge is -2.16. The summed E-state index contributed by atoms with van der Waals surface area (Å²) in [4.78, 5) is 27.4. The third kappa shape index (κ3) is 3.89. The molecule has 2 aromatic heterocycles. The van der Waals surface area contributed by atoms with Gasteiger partial charge in [0.15, 0.2) is 0 Å². The number of nitrogens with zero attached hydrogens (tertiary/aromatic N) is 1. The smallest absolute Gasteiger partial charge is 0.308 e. The van der Waals surface area contributed by atoms with E-state index in [1.165, 1.54) is 11.3 Å². The van der Waals surface area contributed by atoms with Crippen LogP contribution in [0.1, 0.15) is 24.3 Å². The number of carbonyl (C=O) groups is 2. The highest BCUT2D eigenvalue weighted by Crippen LogP contribution is 2.25. The molecule has 0 radical (unpaired) electrons. The van der Waals surface area contributed by atoms with Crippen molar-refractivity contribution < 1.29 is 14.7 Å². The molecule has 112 valence electrons. The van der Waals surface area contributed by atoms with Crippen LogP contribution in [-0.2, 0) is 4.79 Å². The zero-order chi connectivity index (χ0) is 15.4. The van der Waals surface area contributed by atoms with Crippen molar-refractivity contribution >= 4 is 34.6 Å². The van der Waals surface area contributed by atoms with E-state index >= 15 is 0 Å². The van der Waals surface area contributed by atoms with E-state index < -0.39 is 11.9 Å². The van der Waals surface area contributed by atoms with E-state index in [1.807, 2.05) is 30.7 Å². The van der Waals surface area contributed by atoms with Gasteiger partial charge in [-0.05, 0) is 17.4 Å². The monoisotopic (exact) mass is 324 g/mol. The molecule has 0 bridgehead atoms. The summed E-state index contributed by atoms with van der Waals surface area (Å²) in [6.07, 6.45) is 0. The number of carboxylic acids is 1. The fraction of sp³-hybridized carbons (Fsp3) is 0.357. The first-order valence-corrected chi connectivity index (χ1v) is 8.30. The van der Waals surface area contributed by atoms with Crippen molar-refractivity contribution in [3.63, 3.8) is 0 Å². The number of amides is 1. The predicted octanol–water partition coefficient (Wildman–Crippen LogP) is 2.96. The molecule has 0 aliphatic carbocycles. The van der Waals surface area contributed by atoms with Crippen LogP contribution >= 0.6 is 22.7 Å². The normalized spacial score (nSPS) is 12.3. The molecule has 1 atom stereocenters. The van der Waals surface area contributed by atoms with Gasteiger partial charge in [0.1, 0.15) is 10.7 Å². The summed E-state index contributed by atoms with van der Waals surface area (Å²) in [6.45, 7) is 3.75. The minimum atomic E-state index is -0.900. The van der Waals surface area contributed by atoms with Crippen LogP contribution in [0, 0.1) is 11.8 Å². The number of aromatic nitrogens is 1. The number of thiophene rings is 1. The van der Waals surface area contributed by atoms with Gasteiger partial charge in [0, 0.05) is 22.9 Å². The van der Waals surface area contributed by atoms with Gasteiger partial charge in [-0.25, -0.2) is 4.98 Å². The van der Waals surface area contributed by atoms with Crippen LogP contribution in [0.3, 0.4) is 0 Å². The minimum absolute atomic E-state index is 0.0420. The average molecular weight is 324 g/mol. The van der Waals surface area contributed by atoms with Crippen LogP contribution in [0.15, 0.2) is 22.2 Å². The first kappa shape index (κ1) is 15.7. The van der Waals surface area contributed by atoms with Crippen LogP contribution < -0.4 is 5.32 Å². The highest BCUT2D eigenvalue weighted by molar-refractivity contribution is 7.14. The van der Waals surface area contributed by atoms with E-state index in [9.17, 15) is 9.59 Å². The van der Waals surface area contributed by atoms with Crippen molar-refractivity contribution in [2.24, 2.45) is 11.8 Å². The number of nitrogens with one attached hydrogen (secondary N) is 1. The lowest BCUT2D eigenvalue weighted by molar-refractivity contribution is -0.142. The fourth-order valence-corrected chi connectivity index (χ4v) is 3.31. The number of aliphatic carboxylic acids is 1. The molecule has 7 heteroatoms. The average Bonchev–Trinajstić information content (AvgIpc) is 3.08. The van der Waals surface area contributed by atoms with Crippen molar-refractivity contribution in [3.05, 3.63) is 27.9 Å². The molecule has 2 heterocycles. The van der Waals surface area contributed by atoms with Gasteiger partial charge in [-0.2, -0.15) is 11.3 Å². The SMILES string of the molecule is CC(C)C(CNC(=O)c1csc(-c2ccsc2)n1)C(=O)O. The third-order valence-electron chi connectivity index (χ3n) is 3.11. The number of rotatable bonds is 6. The molecule has 2 N–H and O–H groups in total. The molecule has 1 amide bonds. The van der Waals surface area contributed by atoms with Crippen LogP contribution in [0.25, 0.3) is 10.6 Å². The van der Waals surface area contributed by atoms with Crippen LogP contribution in [0.2, 0.25) is 0 Å². The molecule has 5 nitrogen and oxygen atoms in total. The van der Waals surface area contributed by atoms with E-state index in [0.29, 0.717) is 5.69 Å². The molecule has 0 spiro atoms. The van der Waals surface area contributed by atoms with Crippen molar-refractivity contribution in [1.29, 1.82) is 0 Å². The maximum Gasteiger partial charge on any atom is 0.308 e. The minimum Gasteiger partial charge on any atom is -0.481 e. The number of hydrogen-bond donors (Lipinski definition) is 2. The second-order valence-electron chi connectivity index (χ2n) is 4.95. The zero-order valence-corrected chi connectivity index (χ0v) is 13.3. The molecular weight excluding hydrogens is 308 g/mol. The summed E-state index contributed by atoms with van der Waals surface area (Å²) in [6, 6.07) is 1.95. The van der Waals surface area contributed by atoms with Gasteiger partial charge in [0.05, 0.1) is 5.92 Å². The number of carbonyl (C=O) groups excluding carboxylic acids is 1. The lowest BCUT2D eigenvalue weighted by atomic mass is 9.96. The van der Waals surface area contributed by atoms with Gasteiger partial charge < -0.3 is 10.4 Å². The summed E-state index contributed by atoms with van der Waals surface area (Å²) < 4.78 is 0. The molecular formula is C14H16N2O3S2. The Morgan fingerprint density at radius 1 is 1.38 bits per heavy atom. The van der Waals surface area contributed by atoms with Crippen LogP contribution in [-0.4, -0.2) is 28.5 Å². The van der Waals surface area contributed by atoms with E-state index in [-0.39, 0.29) is 18.4 Å². The zero-order valence-electron chi connectivity index (χ0n) is 11.7. The molecule has 0 aliphatic heterocycles. The number of hydrogen-bond acceptors (Lipinski definition) is 5. The largest absolute Gasteiger partial charge is 0.481 e. The Bertz CT molecular complexity index is 620. The predicted molar refractivity (Wildman–Crippen MR) is 83.7 cm³/mol.